The molecule has 3 heteroatoms. The van der Waals surface area contributed by atoms with E-state index < -0.39 is 0 Å². The molecule has 0 aliphatic heterocycles. The van der Waals surface area contributed by atoms with Gasteiger partial charge in [0, 0.05) is 18.4 Å². The molecule has 0 radical (unpaired) electrons. The van der Waals surface area contributed by atoms with E-state index in [9.17, 15) is 0 Å². The van der Waals surface area contributed by atoms with E-state index in [-0.39, 0.29) is 0 Å². The summed E-state index contributed by atoms with van der Waals surface area (Å²) in [6, 6.07) is 6.32. The SMILES string of the molecule is Cc1ccoc1CN[C@H](C)c1ccncc1. The van der Waals surface area contributed by atoms with Crippen LogP contribution in [0.25, 0.3) is 0 Å². The van der Waals surface area contributed by atoms with Gasteiger partial charge in [-0.3, -0.25) is 4.98 Å². The Morgan fingerprint density at radius 2 is 2.06 bits per heavy atom. The first-order chi connectivity index (χ1) is 7.77. The third-order valence-corrected chi connectivity index (χ3v) is 2.74. The summed E-state index contributed by atoms with van der Waals surface area (Å²) in [5.41, 5.74) is 2.42. The van der Waals surface area contributed by atoms with Gasteiger partial charge in [0.2, 0.25) is 0 Å². The number of hydrogen-bond donors (Lipinski definition) is 1. The average molecular weight is 216 g/mol. The van der Waals surface area contributed by atoms with Gasteiger partial charge in [-0.2, -0.15) is 0 Å². The monoisotopic (exact) mass is 216 g/mol. The second-order valence-corrected chi connectivity index (χ2v) is 3.91. The topological polar surface area (TPSA) is 38.1 Å². The molecule has 0 aliphatic carbocycles. The van der Waals surface area contributed by atoms with Gasteiger partial charge in [-0.1, -0.05) is 0 Å². The van der Waals surface area contributed by atoms with Crippen molar-refractivity contribution in [3.05, 3.63) is 53.7 Å². The van der Waals surface area contributed by atoms with Crippen LogP contribution >= 0.6 is 0 Å². The zero-order valence-corrected chi connectivity index (χ0v) is 9.60. The summed E-state index contributed by atoms with van der Waals surface area (Å²) < 4.78 is 5.38. The molecule has 2 aromatic heterocycles. The molecule has 0 amide bonds. The first-order valence-electron chi connectivity index (χ1n) is 5.43. The van der Waals surface area contributed by atoms with Crippen LogP contribution in [0.1, 0.15) is 29.9 Å². The van der Waals surface area contributed by atoms with E-state index in [1.807, 2.05) is 30.6 Å². The Morgan fingerprint density at radius 3 is 2.69 bits per heavy atom. The number of aryl methyl sites for hydroxylation is 1. The molecule has 0 aliphatic rings. The number of pyridine rings is 1. The molecule has 0 spiro atoms. The van der Waals surface area contributed by atoms with Gasteiger partial charge in [0.15, 0.2) is 0 Å². The lowest BCUT2D eigenvalue weighted by molar-refractivity contribution is 0.458. The molecule has 0 bridgehead atoms. The molecule has 16 heavy (non-hydrogen) atoms. The second kappa shape index (κ2) is 4.94. The molecule has 2 heterocycles. The van der Waals surface area contributed by atoms with Gasteiger partial charge in [0.1, 0.15) is 5.76 Å². The lowest BCUT2D eigenvalue weighted by Crippen LogP contribution is -2.18. The molecule has 0 saturated heterocycles. The van der Waals surface area contributed by atoms with Crippen LogP contribution in [0.4, 0.5) is 0 Å². The number of aromatic nitrogens is 1. The summed E-state index contributed by atoms with van der Waals surface area (Å²) in [6.45, 7) is 4.94. The van der Waals surface area contributed by atoms with Crippen molar-refractivity contribution in [3.8, 4) is 0 Å². The molecular formula is C13H16N2O. The van der Waals surface area contributed by atoms with Crippen LogP contribution in [-0.4, -0.2) is 4.98 Å². The van der Waals surface area contributed by atoms with Gasteiger partial charge in [0.25, 0.3) is 0 Å². The number of nitrogens with one attached hydrogen (secondary N) is 1. The third-order valence-electron chi connectivity index (χ3n) is 2.74. The molecular weight excluding hydrogens is 200 g/mol. The fourth-order valence-electron chi connectivity index (χ4n) is 1.60. The Bertz CT molecular complexity index is 436. The van der Waals surface area contributed by atoms with Crippen molar-refractivity contribution in [2.75, 3.05) is 0 Å². The first kappa shape index (κ1) is 10.9. The lowest BCUT2D eigenvalue weighted by Gasteiger charge is -2.13. The van der Waals surface area contributed by atoms with E-state index in [1.165, 1.54) is 11.1 Å². The molecule has 1 N–H and O–H groups in total. The summed E-state index contributed by atoms with van der Waals surface area (Å²) in [7, 11) is 0. The van der Waals surface area contributed by atoms with Crippen LogP contribution in [0.15, 0.2) is 41.3 Å². The van der Waals surface area contributed by atoms with Crippen molar-refractivity contribution in [1.29, 1.82) is 0 Å². The molecule has 3 nitrogen and oxygen atoms in total. The predicted octanol–water partition coefficient (Wildman–Crippen LogP) is 2.83. The van der Waals surface area contributed by atoms with Crippen LogP contribution in [0.2, 0.25) is 0 Å². The molecule has 0 aromatic carbocycles. The molecule has 84 valence electrons. The highest BCUT2D eigenvalue weighted by Gasteiger charge is 2.06. The Labute approximate surface area is 95.5 Å². The quantitative estimate of drug-likeness (QED) is 0.854. The van der Waals surface area contributed by atoms with Crippen molar-refractivity contribution in [2.24, 2.45) is 0 Å². The summed E-state index contributed by atoms with van der Waals surface area (Å²) in [4.78, 5) is 4.01. The van der Waals surface area contributed by atoms with Crippen molar-refractivity contribution in [1.82, 2.24) is 10.3 Å². The Kier molecular flexibility index (Phi) is 3.37. The van der Waals surface area contributed by atoms with Gasteiger partial charge in [0.05, 0.1) is 12.8 Å². The van der Waals surface area contributed by atoms with E-state index >= 15 is 0 Å². The second-order valence-electron chi connectivity index (χ2n) is 3.91. The predicted molar refractivity (Wildman–Crippen MR) is 62.9 cm³/mol. The number of furan rings is 1. The van der Waals surface area contributed by atoms with Gasteiger partial charge in [-0.15, -0.1) is 0 Å². The molecule has 2 rings (SSSR count). The van der Waals surface area contributed by atoms with Crippen molar-refractivity contribution >= 4 is 0 Å². The normalized spacial score (nSPS) is 12.6. The molecule has 0 unspecified atom stereocenters. The largest absolute Gasteiger partial charge is 0.468 e. The summed E-state index contributed by atoms with van der Waals surface area (Å²) in [6.07, 6.45) is 5.35. The zero-order valence-electron chi connectivity index (χ0n) is 9.60. The Morgan fingerprint density at radius 1 is 1.31 bits per heavy atom. The minimum atomic E-state index is 0.299. The van der Waals surface area contributed by atoms with E-state index in [4.69, 9.17) is 4.42 Å². The minimum absolute atomic E-state index is 0.299. The van der Waals surface area contributed by atoms with Crippen LogP contribution < -0.4 is 5.32 Å². The molecule has 1 atom stereocenters. The van der Waals surface area contributed by atoms with Crippen LogP contribution in [0.3, 0.4) is 0 Å². The maximum Gasteiger partial charge on any atom is 0.120 e. The summed E-state index contributed by atoms with van der Waals surface area (Å²) >= 11 is 0. The van der Waals surface area contributed by atoms with Crippen LogP contribution in [-0.2, 0) is 6.54 Å². The first-order valence-corrected chi connectivity index (χ1v) is 5.43. The van der Waals surface area contributed by atoms with E-state index in [0.717, 1.165) is 12.3 Å². The average Bonchev–Trinajstić information content (AvgIpc) is 2.73. The highest BCUT2D eigenvalue weighted by atomic mass is 16.3. The summed E-state index contributed by atoms with van der Waals surface area (Å²) in [5.74, 6) is 1.00. The van der Waals surface area contributed by atoms with E-state index in [2.05, 4.69) is 24.1 Å². The smallest absolute Gasteiger partial charge is 0.120 e. The van der Waals surface area contributed by atoms with Crippen molar-refractivity contribution in [2.45, 2.75) is 26.4 Å². The van der Waals surface area contributed by atoms with E-state index in [1.54, 1.807) is 6.26 Å². The minimum Gasteiger partial charge on any atom is -0.468 e. The number of rotatable bonds is 4. The third kappa shape index (κ3) is 2.49. The highest BCUT2D eigenvalue weighted by Crippen LogP contribution is 2.13. The Balaban J connectivity index is 1.94. The molecule has 0 fully saturated rings. The maximum absolute atomic E-state index is 5.38. The molecule has 0 saturated carbocycles. The standard InChI is InChI=1S/C13H16N2O/c1-10-5-8-16-13(10)9-15-11(2)12-3-6-14-7-4-12/h3-8,11,15H,9H2,1-2H3/t11-/m1/s1. The van der Waals surface area contributed by atoms with Gasteiger partial charge in [-0.25, -0.2) is 0 Å². The zero-order chi connectivity index (χ0) is 11.4. The number of nitrogens with zero attached hydrogens (tertiary/aromatic N) is 1. The highest BCUT2D eigenvalue weighted by molar-refractivity contribution is 5.16. The van der Waals surface area contributed by atoms with Crippen LogP contribution in [0.5, 0.6) is 0 Å². The van der Waals surface area contributed by atoms with Gasteiger partial charge >= 0.3 is 0 Å². The van der Waals surface area contributed by atoms with Crippen molar-refractivity contribution in [3.63, 3.8) is 0 Å². The fourth-order valence-corrected chi connectivity index (χ4v) is 1.60. The van der Waals surface area contributed by atoms with E-state index in [0.29, 0.717) is 6.04 Å². The van der Waals surface area contributed by atoms with Crippen LogP contribution in [0, 0.1) is 6.92 Å². The maximum atomic E-state index is 5.38. The van der Waals surface area contributed by atoms with Crippen molar-refractivity contribution < 1.29 is 4.42 Å². The lowest BCUT2D eigenvalue weighted by atomic mass is 10.1. The summed E-state index contributed by atoms with van der Waals surface area (Å²) in [5, 5.41) is 3.42. The fraction of sp³-hybridized carbons (Fsp3) is 0.308. The molecule has 2 aromatic rings. The van der Waals surface area contributed by atoms with Gasteiger partial charge in [-0.05, 0) is 43.2 Å². The van der Waals surface area contributed by atoms with Gasteiger partial charge < -0.3 is 9.73 Å². The number of hydrogen-bond acceptors (Lipinski definition) is 3. The Hall–Kier alpha value is -1.61.